The van der Waals surface area contributed by atoms with Gasteiger partial charge in [0.15, 0.2) is 0 Å². The van der Waals surface area contributed by atoms with E-state index in [0.29, 0.717) is 11.4 Å². The number of benzene rings is 2. The highest BCUT2D eigenvalue weighted by atomic mass is 32.2. The van der Waals surface area contributed by atoms with Crippen molar-refractivity contribution in [3.05, 3.63) is 59.2 Å². The summed E-state index contributed by atoms with van der Waals surface area (Å²) in [4.78, 5) is 12.7. The average Bonchev–Trinajstić information content (AvgIpc) is 2.61. The van der Waals surface area contributed by atoms with Crippen LogP contribution in [0.2, 0.25) is 0 Å². The van der Waals surface area contributed by atoms with Gasteiger partial charge in [0.1, 0.15) is 11.8 Å². The third-order valence-electron chi connectivity index (χ3n) is 4.34. The number of amides is 1. The molecule has 1 atom stereocenters. The van der Waals surface area contributed by atoms with Crippen molar-refractivity contribution in [2.24, 2.45) is 0 Å². The summed E-state index contributed by atoms with van der Waals surface area (Å²) >= 11 is 0. The van der Waals surface area contributed by atoms with E-state index in [2.05, 4.69) is 5.32 Å². The summed E-state index contributed by atoms with van der Waals surface area (Å²) in [6.07, 6.45) is 1.11. The largest absolute Gasteiger partial charge is 0.496 e. The Morgan fingerprint density at radius 2 is 1.85 bits per heavy atom. The maximum Gasteiger partial charge on any atom is 0.243 e. The molecule has 0 fully saturated rings. The number of para-hydroxylation sites is 1. The lowest BCUT2D eigenvalue weighted by Gasteiger charge is -2.29. The van der Waals surface area contributed by atoms with Crippen LogP contribution in [0.3, 0.4) is 0 Å². The van der Waals surface area contributed by atoms with Crippen LogP contribution in [-0.4, -0.2) is 33.7 Å². The Morgan fingerprint density at radius 1 is 1.19 bits per heavy atom. The number of sulfonamides is 1. The minimum atomic E-state index is -3.65. The Bertz CT molecular complexity index is 925. The highest BCUT2D eigenvalue weighted by molar-refractivity contribution is 7.92. The summed E-state index contributed by atoms with van der Waals surface area (Å²) in [5, 5.41) is 2.80. The van der Waals surface area contributed by atoms with Crippen LogP contribution in [0.15, 0.2) is 42.5 Å². The number of carbonyl (C=O) groups excluding carboxylic acids is 1. The molecule has 1 N–H and O–H groups in total. The molecule has 0 aliphatic carbocycles. The SMILES string of the molecule is COc1ccccc1CNC(=O)[C@H](C)N(c1cc(C)ccc1C)S(C)(=O)=O. The molecule has 0 heterocycles. The van der Waals surface area contributed by atoms with E-state index in [1.807, 2.05) is 50.2 Å². The predicted octanol–water partition coefficient (Wildman–Crippen LogP) is 2.78. The Labute approximate surface area is 161 Å². The van der Waals surface area contributed by atoms with Gasteiger partial charge in [0, 0.05) is 12.1 Å². The van der Waals surface area contributed by atoms with Gasteiger partial charge in [-0.25, -0.2) is 8.42 Å². The molecule has 7 heteroatoms. The van der Waals surface area contributed by atoms with Crippen molar-refractivity contribution in [3.8, 4) is 5.75 Å². The number of nitrogens with one attached hydrogen (secondary N) is 1. The average molecular weight is 391 g/mol. The molecule has 2 aromatic rings. The molecule has 2 rings (SSSR count). The number of nitrogens with zero attached hydrogens (tertiary/aromatic N) is 1. The fourth-order valence-electron chi connectivity index (χ4n) is 2.92. The first-order valence-electron chi connectivity index (χ1n) is 8.61. The van der Waals surface area contributed by atoms with Gasteiger partial charge in [0.05, 0.1) is 19.1 Å². The van der Waals surface area contributed by atoms with Gasteiger partial charge in [0.2, 0.25) is 15.9 Å². The molecule has 0 aliphatic rings. The van der Waals surface area contributed by atoms with Crippen LogP contribution in [0.25, 0.3) is 0 Å². The molecule has 2 aromatic carbocycles. The quantitative estimate of drug-likeness (QED) is 0.789. The normalized spacial score (nSPS) is 12.3. The smallest absolute Gasteiger partial charge is 0.243 e. The fraction of sp³-hybridized carbons (Fsp3) is 0.350. The third-order valence-corrected chi connectivity index (χ3v) is 5.56. The number of aryl methyl sites for hydroxylation is 2. The second-order valence-electron chi connectivity index (χ2n) is 6.55. The lowest BCUT2D eigenvalue weighted by Crippen LogP contribution is -2.48. The molecule has 0 saturated heterocycles. The number of ether oxygens (including phenoxy) is 1. The first-order chi connectivity index (χ1) is 12.6. The van der Waals surface area contributed by atoms with Crippen molar-refractivity contribution >= 4 is 21.6 Å². The Kier molecular flexibility index (Phi) is 6.49. The maximum atomic E-state index is 12.7. The molecule has 0 saturated carbocycles. The lowest BCUT2D eigenvalue weighted by atomic mass is 10.1. The Morgan fingerprint density at radius 3 is 2.48 bits per heavy atom. The molecule has 6 nitrogen and oxygen atoms in total. The van der Waals surface area contributed by atoms with Gasteiger partial charge in [-0.1, -0.05) is 30.3 Å². The summed E-state index contributed by atoms with van der Waals surface area (Å²) in [6, 6.07) is 12.0. The van der Waals surface area contributed by atoms with Crippen LogP contribution < -0.4 is 14.4 Å². The zero-order valence-electron chi connectivity index (χ0n) is 16.3. The van der Waals surface area contributed by atoms with E-state index < -0.39 is 16.1 Å². The van der Waals surface area contributed by atoms with Crippen molar-refractivity contribution in [3.63, 3.8) is 0 Å². The zero-order valence-corrected chi connectivity index (χ0v) is 17.1. The van der Waals surface area contributed by atoms with Crippen LogP contribution in [0.1, 0.15) is 23.6 Å². The highest BCUT2D eigenvalue weighted by Crippen LogP contribution is 2.26. The van der Waals surface area contributed by atoms with Crippen molar-refractivity contribution in [2.75, 3.05) is 17.7 Å². The van der Waals surface area contributed by atoms with E-state index >= 15 is 0 Å². The Hall–Kier alpha value is -2.54. The number of hydrogen-bond acceptors (Lipinski definition) is 4. The van der Waals surface area contributed by atoms with E-state index in [1.165, 1.54) is 4.31 Å². The summed E-state index contributed by atoms with van der Waals surface area (Å²) in [5.41, 5.74) is 3.04. The topological polar surface area (TPSA) is 75.7 Å². The number of anilines is 1. The van der Waals surface area contributed by atoms with Crippen LogP contribution in [0.5, 0.6) is 5.75 Å². The van der Waals surface area contributed by atoms with Gasteiger partial charge in [-0.15, -0.1) is 0 Å². The van der Waals surface area contributed by atoms with Gasteiger partial charge >= 0.3 is 0 Å². The monoisotopic (exact) mass is 390 g/mol. The van der Waals surface area contributed by atoms with Crippen molar-refractivity contribution in [1.29, 1.82) is 0 Å². The summed E-state index contributed by atoms with van der Waals surface area (Å²) in [6.45, 7) is 5.54. The minimum absolute atomic E-state index is 0.248. The van der Waals surface area contributed by atoms with Crippen molar-refractivity contribution < 1.29 is 17.9 Å². The molecule has 0 aliphatic heterocycles. The van der Waals surface area contributed by atoms with Gasteiger partial charge < -0.3 is 10.1 Å². The molecule has 146 valence electrons. The molecule has 0 radical (unpaired) electrons. The van der Waals surface area contributed by atoms with Crippen LogP contribution in [0.4, 0.5) is 5.69 Å². The third kappa shape index (κ3) is 5.01. The molecule has 0 unspecified atom stereocenters. The highest BCUT2D eigenvalue weighted by Gasteiger charge is 2.30. The second kappa shape index (κ2) is 8.43. The zero-order chi connectivity index (χ0) is 20.2. The van der Waals surface area contributed by atoms with Gasteiger partial charge in [-0.3, -0.25) is 9.10 Å². The predicted molar refractivity (Wildman–Crippen MR) is 108 cm³/mol. The first kappa shape index (κ1) is 20.8. The fourth-order valence-corrected chi connectivity index (χ4v) is 4.14. The summed E-state index contributed by atoms with van der Waals surface area (Å²) in [5.74, 6) is 0.284. The minimum Gasteiger partial charge on any atom is -0.496 e. The standard InChI is InChI=1S/C20H26N2O4S/c1-14-10-11-15(2)18(12-14)22(27(5,24)25)16(3)20(23)21-13-17-8-6-7-9-19(17)26-4/h6-12,16H,13H2,1-5H3,(H,21,23)/t16-/m0/s1. The Balaban J connectivity index is 2.26. The number of methoxy groups -OCH3 is 1. The van der Waals surface area contributed by atoms with Crippen molar-refractivity contribution in [2.45, 2.75) is 33.4 Å². The molecule has 27 heavy (non-hydrogen) atoms. The number of carbonyl (C=O) groups is 1. The van der Waals surface area contributed by atoms with Crippen molar-refractivity contribution in [1.82, 2.24) is 5.32 Å². The van der Waals surface area contributed by atoms with E-state index in [0.717, 1.165) is 22.9 Å². The molecular formula is C20H26N2O4S. The number of rotatable bonds is 7. The molecule has 0 aromatic heterocycles. The molecule has 0 spiro atoms. The summed E-state index contributed by atoms with van der Waals surface area (Å²) in [7, 11) is -2.08. The van der Waals surface area contributed by atoms with Crippen LogP contribution in [0, 0.1) is 13.8 Å². The maximum absolute atomic E-state index is 12.7. The van der Waals surface area contributed by atoms with E-state index in [-0.39, 0.29) is 12.5 Å². The number of hydrogen-bond donors (Lipinski definition) is 1. The van der Waals surface area contributed by atoms with Crippen LogP contribution >= 0.6 is 0 Å². The summed E-state index contributed by atoms with van der Waals surface area (Å²) < 4.78 is 31.3. The van der Waals surface area contributed by atoms with Gasteiger partial charge in [-0.2, -0.15) is 0 Å². The lowest BCUT2D eigenvalue weighted by molar-refractivity contribution is -0.122. The van der Waals surface area contributed by atoms with E-state index in [1.54, 1.807) is 20.1 Å². The molecule has 1 amide bonds. The van der Waals surface area contributed by atoms with E-state index in [4.69, 9.17) is 4.74 Å². The molecular weight excluding hydrogens is 364 g/mol. The van der Waals surface area contributed by atoms with Crippen LogP contribution in [-0.2, 0) is 21.4 Å². The molecule has 0 bridgehead atoms. The van der Waals surface area contributed by atoms with E-state index in [9.17, 15) is 13.2 Å². The second-order valence-corrected chi connectivity index (χ2v) is 8.41. The van der Waals surface area contributed by atoms with Gasteiger partial charge in [0.25, 0.3) is 0 Å². The first-order valence-corrected chi connectivity index (χ1v) is 10.5. The van der Waals surface area contributed by atoms with Gasteiger partial charge in [-0.05, 0) is 44.0 Å².